The van der Waals surface area contributed by atoms with E-state index in [1.165, 1.54) is 12.1 Å². The summed E-state index contributed by atoms with van der Waals surface area (Å²) in [6.07, 6.45) is 3.23. The van der Waals surface area contributed by atoms with Gasteiger partial charge in [-0.05, 0) is 30.9 Å². The van der Waals surface area contributed by atoms with Gasteiger partial charge in [0, 0.05) is 6.54 Å². The van der Waals surface area contributed by atoms with Gasteiger partial charge in [-0.1, -0.05) is 12.5 Å². The van der Waals surface area contributed by atoms with Crippen molar-refractivity contribution in [2.75, 3.05) is 12.3 Å². The number of halogens is 1. The van der Waals surface area contributed by atoms with Crippen LogP contribution in [-0.2, 0) is 10.0 Å². The first kappa shape index (κ1) is 12.3. The first-order chi connectivity index (χ1) is 8.00. The molecule has 4 nitrogen and oxygen atoms in total. The van der Waals surface area contributed by atoms with Crippen LogP contribution in [0.1, 0.15) is 19.3 Å². The third kappa shape index (κ3) is 2.58. The minimum atomic E-state index is -3.70. The largest absolute Gasteiger partial charge is 0.395 e. The SMILES string of the molecule is Nc1c(F)cccc1S(=O)(=O)NCC1CCC1. The van der Waals surface area contributed by atoms with Crippen LogP contribution in [-0.4, -0.2) is 15.0 Å². The summed E-state index contributed by atoms with van der Waals surface area (Å²) in [6.45, 7) is 0.401. The van der Waals surface area contributed by atoms with E-state index in [9.17, 15) is 12.8 Å². The van der Waals surface area contributed by atoms with E-state index in [1.54, 1.807) is 0 Å². The molecule has 1 aromatic rings. The van der Waals surface area contributed by atoms with Crippen LogP contribution in [0.4, 0.5) is 10.1 Å². The summed E-state index contributed by atoms with van der Waals surface area (Å²) in [6, 6.07) is 3.78. The van der Waals surface area contributed by atoms with Crippen LogP contribution in [0, 0.1) is 11.7 Å². The molecule has 1 aliphatic rings. The number of rotatable bonds is 4. The van der Waals surface area contributed by atoms with E-state index in [4.69, 9.17) is 5.73 Å². The van der Waals surface area contributed by atoms with Gasteiger partial charge >= 0.3 is 0 Å². The van der Waals surface area contributed by atoms with Gasteiger partial charge in [0.2, 0.25) is 10.0 Å². The fraction of sp³-hybridized carbons (Fsp3) is 0.455. The number of benzene rings is 1. The lowest BCUT2D eigenvalue weighted by Crippen LogP contribution is -2.32. The van der Waals surface area contributed by atoms with E-state index < -0.39 is 15.8 Å². The predicted molar refractivity (Wildman–Crippen MR) is 63.3 cm³/mol. The van der Waals surface area contributed by atoms with Gasteiger partial charge in [-0.3, -0.25) is 0 Å². The second kappa shape index (κ2) is 4.62. The Morgan fingerprint density at radius 1 is 1.41 bits per heavy atom. The number of nitrogen functional groups attached to an aromatic ring is 1. The first-order valence-electron chi connectivity index (χ1n) is 5.54. The highest BCUT2D eigenvalue weighted by atomic mass is 32.2. The molecular formula is C11H15FN2O2S. The average molecular weight is 258 g/mol. The molecule has 0 radical (unpaired) electrons. The Labute approximate surface area is 100 Å². The van der Waals surface area contributed by atoms with Gasteiger partial charge < -0.3 is 5.73 Å². The summed E-state index contributed by atoms with van der Waals surface area (Å²) in [7, 11) is -3.70. The summed E-state index contributed by atoms with van der Waals surface area (Å²) in [5.41, 5.74) is 5.10. The fourth-order valence-corrected chi connectivity index (χ4v) is 3.01. The number of para-hydroxylation sites is 1. The van der Waals surface area contributed by atoms with Crippen LogP contribution < -0.4 is 10.5 Å². The number of sulfonamides is 1. The molecule has 1 fully saturated rings. The lowest BCUT2D eigenvalue weighted by molar-refractivity contribution is 0.316. The maximum atomic E-state index is 13.2. The zero-order valence-corrected chi connectivity index (χ0v) is 10.1. The zero-order valence-electron chi connectivity index (χ0n) is 9.32. The molecule has 1 aliphatic carbocycles. The number of hydrogen-bond donors (Lipinski definition) is 2. The van der Waals surface area contributed by atoms with E-state index in [-0.39, 0.29) is 10.6 Å². The summed E-state index contributed by atoms with van der Waals surface area (Å²) < 4.78 is 39.4. The molecule has 0 amide bonds. The van der Waals surface area contributed by atoms with Gasteiger partial charge in [-0.25, -0.2) is 17.5 Å². The van der Waals surface area contributed by atoms with Crippen molar-refractivity contribution in [3.05, 3.63) is 24.0 Å². The smallest absolute Gasteiger partial charge is 0.242 e. The zero-order chi connectivity index (χ0) is 12.5. The lowest BCUT2D eigenvalue weighted by Gasteiger charge is -2.25. The van der Waals surface area contributed by atoms with Crippen molar-refractivity contribution < 1.29 is 12.8 Å². The number of nitrogens with two attached hydrogens (primary N) is 1. The molecule has 1 aromatic carbocycles. The highest BCUT2D eigenvalue weighted by Gasteiger charge is 2.23. The molecular weight excluding hydrogens is 243 g/mol. The Bertz CT molecular complexity index is 512. The Balaban J connectivity index is 2.15. The van der Waals surface area contributed by atoms with E-state index in [0.717, 1.165) is 25.3 Å². The fourth-order valence-electron chi connectivity index (χ4n) is 1.75. The maximum Gasteiger partial charge on any atom is 0.242 e. The molecule has 0 unspecified atom stereocenters. The van der Waals surface area contributed by atoms with Crippen molar-refractivity contribution in [1.82, 2.24) is 4.72 Å². The van der Waals surface area contributed by atoms with Gasteiger partial charge in [0.25, 0.3) is 0 Å². The Hall–Kier alpha value is -1.14. The van der Waals surface area contributed by atoms with Crippen LogP contribution in [0.2, 0.25) is 0 Å². The van der Waals surface area contributed by atoms with Crippen molar-refractivity contribution in [1.29, 1.82) is 0 Å². The first-order valence-corrected chi connectivity index (χ1v) is 7.02. The van der Waals surface area contributed by atoms with Gasteiger partial charge in [-0.2, -0.15) is 0 Å². The molecule has 0 heterocycles. The standard InChI is InChI=1S/C11H15FN2O2S/c12-9-5-2-6-10(11(9)13)17(15,16)14-7-8-3-1-4-8/h2,5-6,8,14H,1,3-4,7,13H2. The summed E-state index contributed by atoms with van der Waals surface area (Å²) in [5.74, 6) is -0.309. The molecule has 17 heavy (non-hydrogen) atoms. The van der Waals surface area contributed by atoms with Gasteiger partial charge in [-0.15, -0.1) is 0 Å². The van der Waals surface area contributed by atoms with Gasteiger partial charge in [0.05, 0.1) is 5.69 Å². The van der Waals surface area contributed by atoms with E-state index >= 15 is 0 Å². The Kier molecular flexibility index (Phi) is 3.35. The van der Waals surface area contributed by atoms with Crippen molar-refractivity contribution in [3.8, 4) is 0 Å². The van der Waals surface area contributed by atoms with E-state index in [2.05, 4.69) is 4.72 Å². The summed E-state index contributed by atoms with van der Waals surface area (Å²) in [4.78, 5) is -0.183. The third-order valence-electron chi connectivity index (χ3n) is 3.09. The van der Waals surface area contributed by atoms with Crippen molar-refractivity contribution >= 4 is 15.7 Å². The van der Waals surface area contributed by atoms with E-state index in [0.29, 0.717) is 12.5 Å². The van der Waals surface area contributed by atoms with Crippen LogP contribution in [0.3, 0.4) is 0 Å². The molecule has 0 spiro atoms. The van der Waals surface area contributed by atoms with Crippen LogP contribution in [0.5, 0.6) is 0 Å². The highest BCUT2D eigenvalue weighted by Crippen LogP contribution is 2.26. The molecule has 6 heteroatoms. The Morgan fingerprint density at radius 2 is 2.12 bits per heavy atom. The summed E-state index contributed by atoms with van der Waals surface area (Å²) in [5, 5.41) is 0. The lowest BCUT2D eigenvalue weighted by atomic mass is 9.86. The molecule has 0 atom stereocenters. The van der Waals surface area contributed by atoms with Crippen molar-refractivity contribution in [2.45, 2.75) is 24.2 Å². The molecule has 0 aromatic heterocycles. The highest BCUT2D eigenvalue weighted by molar-refractivity contribution is 7.89. The number of anilines is 1. The summed E-state index contributed by atoms with van der Waals surface area (Å²) >= 11 is 0. The normalized spacial score (nSPS) is 16.8. The quantitative estimate of drug-likeness (QED) is 0.804. The molecule has 2 rings (SSSR count). The second-order valence-electron chi connectivity index (χ2n) is 4.30. The Morgan fingerprint density at radius 3 is 2.71 bits per heavy atom. The van der Waals surface area contributed by atoms with Gasteiger partial charge in [0.15, 0.2) is 0 Å². The van der Waals surface area contributed by atoms with Gasteiger partial charge in [0.1, 0.15) is 10.7 Å². The molecule has 0 saturated heterocycles. The van der Waals surface area contributed by atoms with Crippen molar-refractivity contribution in [2.24, 2.45) is 5.92 Å². The molecule has 0 aliphatic heterocycles. The molecule has 3 N–H and O–H groups in total. The molecule has 0 bridgehead atoms. The predicted octanol–water partition coefficient (Wildman–Crippen LogP) is 1.49. The number of hydrogen-bond acceptors (Lipinski definition) is 3. The number of nitrogens with one attached hydrogen (secondary N) is 1. The third-order valence-corrected chi connectivity index (χ3v) is 4.57. The molecule has 94 valence electrons. The minimum Gasteiger partial charge on any atom is -0.395 e. The maximum absolute atomic E-state index is 13.2. The van der Waals surface area contributed by atoms with Crippen molar-refractivity contribution in [3.63, 3.8) is 0 Å². The minimum absolute atomic E-state index is 0.183. The van der Waals surface area contributed by atoms with Crippen LogP contribution in [0.25, 0.3) is 0 Å². The van der Waals surface area contributed by atoms with E-state index in [1.807, 2.05) is 0 Å². The second-order valence-corrected chi connectivity index (χ2v) is 6.04. The topological polar surface area (TPSA) is 72.2 Å². The van der Waals surface area contributed by atoms with Crippen LogP contribution in [0.15, 0.2) is 23.1 Å². The molecule has 1 saturated carbocycles. The monoisotopic (exact) mass is 258 g/mol. The average Bonchev–Trinajstić information content (AvgIpc) is 2.19. The van der Waals surface area contributed by atoms with Crippen LogP contribution >= 0.6 is 0 Å².